The van der Waals surface area contributed by atoms with Crippen molar-refractivity contribution in [3.8, 4) is 0 Å². The monoisotopic (exact) mass is 181 g/mol. The molecule has 0 bridgehead atoms. The number of ether oxygens (including phenoxy) is 1. The Kier molecular flexibility index (Phi) is 2.36. The van der Waals surface area contributed by atoms with Crippen LogP contribution in [0.3, 0.4) is 0 Å². The minimum absolute atomic E-state index is 0.0650. The van der Waals surface area contributed by atoms with Crippen LogP contribution < -0.4 is 0 Å². The van der Waals surface area contributed by atoms with E-state index in [0.717, 1.165) is 26.3 Å². The summed E-state index contributed by atoms with van der Waals surface area (Å²) in [6, 6.07) is 0. The molecule has 0 aromatic heterocycles. The molecular weight excluding hydrogens is 166 g/mol. The Morgan fingerprint density at radius 1 is 1.46 bits per heavy atom. The van der Waals surface area contributed by atoms with Crippen molar-refractivity contribution in [3.63, 3.8) is 0 Å². The van der Waals surface area contributed by atoms with E-state index < -0.39 is 0 Å². The summed E-state index contributed by atoms with van der Waals surface area (Å²) < 4.78 is 5.31. The topological polar surface area (TPSA) is 29.5 Å². The molecular formula is C10H15NO2. The molecule has 3 heteroatoms. The summed E-state index contributed by atoms with van der Waals surface area (Å²) in [6.07, 6.45) is 2.56. The van der Waals surface area contributed by atoms with Crippen molar-refractivity contribution < 1.29 is 9.53 Å². The van der Waals surface area contributed by atoms with Gasteiger partial charge in [-0.25, -0.2) is 0 Å². The molecule has 72 valence electrons. The second-order valence-electron chi connectivity index (χ2n) is 3.83. The Labute approximate surface area is 78.4 Å². The van der Waals surface area contributed by atoms with Crippen molar-refractivity contribution in [3.05, 3.63) is 12.7 Å². The smallest absolute Gasteiger partial charge is 0.245 e. The highest BCUT2D eigenvalue weighted by molar-refractivity contribution is 5.87. The van der Waals surface area contributed by atoms with Crippen molar-refractivity contribution in [2.75, 3.05) is 26.3 Å². The van der Waals surface area contributed by atoms with Crippen LogP contribution >= 0.6 is 0 Å². The first-order valence-electron chi connectivity index (χ1n) is 4.80. The first kappa shape index (κ1) is 8.75. The fourth-order valence-electron chi connectivity index (χ4n) is 2.04. The first-order valence-corrected chi connectivity index (χ1v) is 4.80. The van der Waals surface area contributed by atoms with Gasteiger partial charge in [0.2, 0.25) is 5.91 Å². The van der Waals surface area contributed by atoms with Crippen molar-refractivity contribution in [1.29, 1.82) is 0 Å². The Balaban J connectivity index is 1.77. The molecule has 0 aliphatic carbocycles. The number of hydrogen-bond donors (Lipinski definition) is 0. The summed E-state index contributed by atoms with van der Waals surface area (Å²) in [5, 5.41) is 0. The Bertz CT molecular complexity index is 215. The minimum atomic E-state index is 0.0650. The summed E-state index contributed by atoms with van der Waals surface area (Å²) in [6.45, 7) is 7.06. The van der Waals surface area contributed by atoms with Crippen molar-refractivity contribution in [2.45, 2.75) is 6.42 Å². The average Bonchev–Trinajstić information content (AvgIpc) is 2.54. The molecule has 3 nitrogen and oxygen atoms in total. The van der Waals surface area contributed by atoms with Gasteiger partial charge in [-0.05, 0) is 24.3 Å². The van der Waals surface area contributed by atoms with E-state index in [9.17, 15) is 4.79 Å². The van der Waals surface area contributed by atoms with Gasteiger partial charge in [0, 0.05) is 26.3 Å². The molecule has 1 amide bonds. The molecule has 13 heavy (non-hydrogen) atoms. The van der Waals surface area contributed by atoms with Crippen LogP contribution in [-0.4, -0.2) is 37.1 Å². The number of nitrogens with zero attached hydrogens (tertiary/aromatic N) is 1. The van der Waals surface area contributed by atoms with E-state index in [1.165, 1.54) is 12.5 Å². The maximum atomic E-state index is 11.1. The van der Waals surface area contributed by atoms with Crippen LogP contribution in [0.1, 0.15) is 6.42 Å². The second-order valence-corrected chi connectivity index (χ2v) is 3.83. The highest BCUT2D eigenvalue weighted by Crippen LogP contribution is 2.29. The van der Waals surface area contributed by atoms with Gasteiger partial charge in [0.25, 0.3) is 0 Å². The van der Waals surface area contributed by atoms with Crippen LogP contribution in [0.5, 0.6) is 0 Å². The summed E-state index contributed by atoms with van der Waals surface area (Å²) in [5.41, 5.74) is 0. The van der Waals surface area contributed by atoms with Crippen LogP contribution in [-0.2, 0) is 9.53 Å². The SMILES string of the molecule is C=CC(=O)N1CC(C2CCOC2)C1. The Morgan fingerprint density at radius 3 is 2.77 bits per heavy atom. The van der Waals surface area contributed by atoms with Crippen LogP contribution in [0.15, 0.2) is 12.7 Å². The van der Waals surface area contributed by atoms with Gasteiger partial charge in [-0.15, -0.1) is 0 Å². The molecule has 0 saturated carbocycles. The van der Waals surface area contributed by atoms with Gasteiger partial charge in [0.05, 0.1) is 0 Å². The van der Waals surface area contributed by atoms with E-state index in [0.29, 0.717) is 11.8 Å². The molecule has 2 aliphatic heterocycles. The molecule has 2 saturated heterocycles. The summed E-state index contributed by atoms with van der Waals surface area (Å²) >= 11 is 0. The van der Waals surface area contributed by atoms with E-state index in [1.54, 1.807) is 0 Å². The number of likely N-dealkylation sites (tertiary alicyclic amines) is 1. The number of carbonyl (C=O) groups is 1. The lowest BCUT2D eigenvalue weighted by molar-refractivity contribution is -0.133. The fraction of sp³-hybridized carbons (Fsp3) is 0.700. The zero-order valence-electron chi connectivity index (χ0n) is 7.74. The molecule has 0 spiro atoms. The molecule has 2 heterocycles. The van der Waals surface area contributed by atoms with Crippen LogP contribution in [0.4, 0.5) is 0 Å². The van der Waals surface area contributed by atoms with Gasteiger partial charge >= 0.3 is 0 Å². The molecule has 1 unspecified atom stereocenters. The van der Waals surface area contributed by atoms with Crippen LogP contribution in [0.25, 0.3) is 0 Å². The Morgan fingerprint density at radius 2 is 2.23 bits per heavy atom. The lowest BCUT2D eigenvalue weighted by atomic mass is 9.85. The van der Waals surface area contributed by atoms with E-state index in [-0.39, 0.29) is 5.91 Å². The predicted octanol–water partition coefficient (Wildman–Crippen LogP) is 0.667. The van der Waals surface area contributed by atoms with Gasteiger partial charge in [0.15, 0.2) is 0 Å². The number of rotatable bonds is 2. The van der Waals surface area contributed by atoms with Crippen molar-refractivity contribution in [2.24, 2.45) is 11.8 Å². The van der Waals surface area contributed by atoms with E-state index in [1.807, 2.05) is 4.90 Å². The molecule has 1 atom stereocenters. The van der Waals surface area contributed by atoms with Crippen LogP contribution in [0, 0.1) is 11.8 Å². The summed E-state index contributed by atoms with van der Waals surface area (Å²) in [7, 11) is 0. The zero-order valence-corrected chi connectivity index (χ0v) is 7.74. The van der Waals surface area contributed by atoms with Crippen LogP contribution in [0.2, 0.25) is 0 Å². The molecule has 0 aromatic rings. The minimum Gasteiger partial charge on any atom is -0.381 e. The quantitative estimate of drug-likeness (QED) is 0.586. The lowest BCUT2D eigenvalue weighted by Gasteiger charge is -2.41. The van der Waals surface area contributed by atoms with E-state index in [4.69, 9.17) is 4.74 Å². The third kappa shape index (κ3) is 1.61. The third-order valence-corrected chi connectivity index (χ3v) is 3.03. The van der Waals surface area contributed by atoms with Gasteiger partial charge in [0.1, 0.15) is 0 Å². The standard InChI is InChI=1S/C10H15NO2/c1-2-10(12)11-5-9(6-11)8-3-4-13-7-8/h2,8-9H,1,3-7H2. The molecule has 0 aromatic carbocycles. The van der Waals surface area contributed by atoms with Gasteiger partial charge < -0.3 is 9.64 Å². The molecule has 2 rings (SSSR count). The third-order valence-electron chi connectivity index (χ3n) is 3.03. The zero-order chi connectivity index (χ0) is 9.26. The maximum absolute atomic E-state index is 11.1. The van der Waals surface area contributed by atoms with Gasteiger partial charge in [-0.2, -0.15) is 0 Å². The molecule has 0 N–H and O–H groups in total. The average molecular weight is 181 g/mol. The number of hydrogen-bond acceptors (Lipinski definition) is 2. The summed E-state index contributed by atoms with van der Waals surface area (Å²) in [4.78, 5) is 13.0. The van der Waals surface area contributed by atoms with E-state index in [2.05, 4.69) is 6.58 Å². The summed E-state index contributed by atoms with van der Waals surface area (Å²) in [5.74, 6) is 1.43. The number of carbonyl (C=O) groups excluding carboxylic acids is 1. The maximum Gasteiger partial charge on any atom is 0.245 e. The largest absolute Gasteiger partial charge is 0.381 e. The van der Waals surface area contributed by atoms with Crippen molar-refractivity contribution >= 4 is 5.91 Å². The fourth-order valence-corrected chi connectivity index (χ4v) is 2.04. The number of amides is 1. The highest BCUT2D eigenvalue weighted by atomic mass is 16.5. The highest BCUT2D eigenvalue weighted by Gasteiger charge is 2.36. The first-order chi connectivity index (χ1) is 6.31. The van der Waals surface area contributed by atoms with E-state index >= 15 is 0 Å². The van der Waals surface area contributed by atoms with Gasteiger partial charge in [-0.1, -0.05) is 6.58 Å². The van der Waals surface area contributed by atoms with Gasteiger partial charge in [-0.3, -0.25) is 4.79 Å². The lowest BCUT2D eigenvalue weighted by Crippen LogP contribution is -2.52. The molecule has 2 fully saturated rings. The Hall–Kier alpha value is -0.830. The predicted molar refractivity (Wildman–Crippen MR) is 49.2 cm³/mol. The molecule has 0 radical (unpaired) electrons. The second kappa shape index (κ2) is 3.50. The van der Waals surface area contributed by atoms with Crippen molar-refractivity contribution in [1.82, 2.24) is 4.90 Å². The molecule has 2 aliphatic rings. The normalized spacial score (nSPS) is 28.6.